The molecule has 0 aromatic rings. The van der Waals surface area contributed by atoms with Crippen molar-refractivity contribution in [2.45, 2.75) is 25.9 Å². The molecule has 21 heavy (non-hydrogen) atoms. The summed E-state index contributed by atoms with van der Waals surface area (Å²) >= 11 is 4.35. The number of urea groups is 1. The van der Waals surface area contributed by atoms with Gasteiger partial charge in [0.25, 0.3) is 0 Å². The molecule has 2 fully saturated rings. The predicted molar refractivity (Wildman–Crippen MR) is 78.4 cm³/mol. The number of ether oxygens (including phenoxy) is 2. The summed E-state index contributed by atoms with van der Waals surface area (Å²) in [4.78, 5) is 34.6. The average Bonchev–Trinajstić information content (AvgIpc) is 2.78. The first-order valence-electron chi connectivity index (χ1n) is 6.66. The third-order valence-corrected chi connectivity index (χ3v) is 3.98. The van der Waals surface area contributed by atoms with Gasteiger partial charge in [0.1, 0.15) is 12.5 Å². The number of epoxide rings is 1. The standard InChI is InChI=1S/C9H17N2O3S.C4H6O2/c1-10(2)9(13)11(15)5-4-7(6-11)8(12)14-3;1-4(2)3(5)6-4/h7,15H,4-6H2,1-3H3;1-2H3/q+1;. The van der Waals surface area contributed by atoms with E-state index in [1.54, 1.807) is 27.9 Å². The van der Waals surface area contributed by atoms with E-state index in [1.807, 2.05) is 0 Å². The molecule has 120 valence electrons. The lowest BCUT2D eigenvalue weighted by molar-refractivity contribution is -0.696. The number of carbonyl (C=O) groups is 3. The number of hydrogen-bond acceptors (Lipinski definition) is 6. The first-order chi connectivity index (χ1) is 9.53. The van der Waals surface area contributed by atoms with Crippen LogP contribution in [0.4, 0.5) is 4.79 Å². The SMILES string of the molecule is CC1(C)OC1=O.COC(=O)C1CC[N+](S)(C(=O)N(C)C)C1. The molecule has 0 radical (unpaired) electrons. The van der Waals surface area contributed by atoms with Crippen molar-refractivity contribution in [3.05, 3.63) is 0 Å². The Labute approximate surface area is 130 Å². The molecule has 0 N–H and O–H groups in total. The van der Waals surface area contributed by atoms with Crippen LogP contribution in [0.15, 0.2) is 0 Å². The first kappa shape index (κ1) is 17.8. The van der Waals surface area contributed by atoms with Crippen LogP contribution in [0.25, 0.3) is 0 Å². The quantitative estimate of drug-likeness (QED) is 0.335. The van der Waals surface area contributed by atoms with Crippen molar-refractivity contribution in [2.24, 2.45) is 5.92 Å². The lowest BCUT2D eigenvalue weighted by atomic mass is 10.1. The van der Waals surface area contributed by atoms with Crippen molar-refractivity contribution in [3.8, 4) is 0 Å². The molecule has 2 aliphatic heterocycles. The highest BCUT2D eigenvalue weighted by Crippen LogP contribution is 2.29. The van der Waals surface area contributed by atoms with Crippen molar-refractivity contribution >= 4 is 30.8 Å². The summed E-state index contributed by atoms with van der Waals surface area (Å²) in [6.07, 6.45) is 0.649. The summed E-state index contributed by atoms with van der Waals surface area (Å²) < 4.78 is 9.12. The fraction of sp³-hybridized carbons (Fsp3) is 0.769. The number of cyclic esters (lactones) is 1. The normalized spacial score (nSPS) is 28.9. The fourth-order valence-corrected chi connectivity index (χ4v) is 2.52. The molecule has 0 aromatic heterocycles. The van der Waals surface area contributed by atoms with Crippen molar-refractivity contribution in [1.29, 1.82) is 0 Å². The molecule has 7 nitrogen and oxygen atoms in total. The number of esters is 1. The highest BCUT2D eigenvalue weighted by atomic mass is 32.1. The number of rotatable bonds is 1. The molecule has 0 bridgehead atoms. The molecule has 2 atom stereocenters. The molecular weight excluding hydrogens is 296 g/mol. The molecule has 0 aliphatic carbocycles. The second-order valence-corrected chi connectivity index (χ2v) is 6.68. The van der Waals surface area contributed by atoms with Crippen LogP contribution < -0.4 is 0 Å². The van der Waals surface area contributed by atoms with E-state index >= 15 is 0 Å². The number of quaternary nitrogens is 1. The topological polar surface area (TPSA) is 76.2 Å². The van der Waals surface area contributed by atoms with Gasteiger partial charge in [-0.25, -0.2) is 9.59 Å². The zero-order valence-electron chi connectivity index (χ0n) is 13.1. The van der Waals surface area contributed by atoms with E-state index < -0.39 is 5.60 Å². The van der Waals surface area contributed by atoms with Gasteiger partial charge in [0.05, 0.1) is 26.5 Å². The Morgan fingerprint density at radius 2 is 1.90 bits per heavy atom. The molecule has 0 aromatic carbocycles. The Bertz CT molecular complexity index is 452. The Morgan fingerprint density at radius 3 is 2.24 bits per heavy atom. The Balaban J connectivity index is 0.000000304. The number of carbonyl (C=O) groups excluding carboxylic acids is 3. The van der Waals surface area contributed by atoms with Gasteiger partial charge in [0.2, 0.25) is 5.60 Å². The van der Waals surface area contributed by atoms with Gasteiger partial charge in [0, 0.05) is 20.5 Å². The third kappa shape index (κ3) is 4.34. The Kier molecular flexibility index (Phi) is 5.27. The van der Waals surface area contributed by atoms with E-state index in [0.717, 1.165) is 0 Å². The third-order valence-electron chi connectivity index (χ3n) is 3.44. The highest BCUT2D eigenvalue weighted by molar-refractivity contribution is 7.74. The van der Waals surface area contributed by atoms with Crippen LogP contribution in [0.1, 0.15) is 20.3 Å². The van der Waals surface area contributed by atoms with E-state index in [2.05, 4.69) is 22.3 Å². The molecule has 2 rings (SSSR count). The molecule has 2 amide bonds. The Hall–Kier alpha value is -1.28. The number of thiol groups is 1. The summed E-state index contributed by atoms with van der Waals surface area (Å²) in [6, 6.07) is -0.0928. The van der Waals surface area contributed by atoms with Crippen LogP contribution >= 0.6 is 12.8 Å². The average molecular weight is 319 g/mol. The van der Waals surface area contributed by atoms with Gasteiger partial charge < -0.3 is 9.47 Å². The number of amides is 2. The van der Waals surface area contributed by atoms with Crippen molar-refractivity contribution in [1.82, 2.24) is 4.90 Å². The van der Waals surface area contributed by atoms with E-state index in [9.17, 15) is 14.4 Å². The molecule has 2 heterocycles. The number of hydrogen-bond donors (Lipinski definition) is 1. The Morgan fingerprint density at radius 1 is 1.43 bits per heavy atom. The molecule has 2 saturated heterocycles. The van der Waals surface area contributed by atoms with Crippen LogP contribution in [0, 0.1) is 5.92 Å². The summed E-state index contributed by atoms with van der Waals surface area (Å²) in [5, 5.41) is 0. The van der Waals surface area contributed by atoms with E-state index in [-0.39, 0.29) is 27.8 Å². The zero-order valence-corrected chi connectivity index (χ0v) is 14.0. The van der Waals surface area contributed by atoms with Gasteiger partial charge in [-0.15, -0.1) is 0 Å². The van der Waals surface area contributed by atoms with Crippen molar-refractivity contribution in [3.63, 3.8) is 0 Å². The van der Waals surface area contributed by atoms with Crippen LogP contribution in [0.5, 0.6) is 0 Å². The molecule has 8 heteroatoms. The second kappa shape index (κ2) is 6.23. The maximum atomic E-state index is 11.8. The minimum atomic E-state index is -0.431. The molecular formula is C13H23N2O5S+. The van der Waals surface area contributed by atoms with Crippen LogP contribution in [0.2, 0.25) is 0 Å². The van der Waals surface area contributed by atoms with Gasteiger partial charge in [-0.1, -0.05) is 0 Å². The van der Waals surface area contributed by atoms with Gasteiger partial charge in [-0.05, 0) is 13.8 Å². The summed E-state index contributed by atoms with van der Waals surface area (Å²) in [5.41, 5.74) is -0.431. The predicted octanol–water partition coefficient (Wildman–Crippen LogP) is 0.844. The summed E-state index contributed by atoms with van der Waals surface area (Å²) in [7, 11) is 4.73. The second-order valence-electron chi connectivity index (χ2n) is 5.91. The smallest absolute Gasteiger partial charge is 0.430 e. The minimum absolute atomic E-state index is 0.00718. The van der Waals surface area contributed by atoms with E-state index in [4.69, 9.17) is 0 Å². The molecule has 0 spiro atoms. The summed E-state index contributed by atoms with van der Waals surface area (Å²) in [6.45, 7) is 4.47. The van der Waals surface area contributed by atoms with E-state index in [0.29, 0.717) is 19.5 Å². The van der Waals surface area contributed by atoms with E-state index in [1.165, 1.54) is 12.0 Å². The van der Waals surface area contributed by atoms with Crippen LogP contribution in [-0.2, 0) is 19.1 Å². The van der Waals surface area contributed by atoms with Gasteiger partial charge in [-0.3, -0.25) is 9.69 Å². The molecule has 0 saturated carbocycles. The zero-order chi connectivity index (χ0) is 16.4. The molecule has 2 unspecified atom stereocenters. The van der Waals surface area contributed by atoms with Gasteiger partial charge in [0.15, 0.2) is 0 Å². The maximum absolute atomic E-state index is 11.8. The lowest BCUT2D eigenvalue weighted by Gasteiger charge is -2.26. The van der Waals surface area contributed by atoms with Crippen LogP contribution in [0.3, 0.4) is 0 Å². The number of methoxy groups -OCH3 is 1. The maximum Gasteiger partial charge on any atom is 0.430 e. The lowest BCUT2D eigenvalue weighted by Crippen LogP contribution is -2.48. The number of nitrogens with zero attached hydrogens (tertiary/aromatic N) is 2. The monoisotopic (exact) mass is 319 g/mol. The van der Waals surface area contributed by atoms with Crippen molar-refractivity contribution < 1.29 is 27.7 Å². The van der Waals surface area contributed by atoms with Crippen molar-refractivity contribution in [2.75, 3.05) is 34.3 Å². The molecule has 2 aliphatic rings. The number of likely N-dealkylation sites (tertiary alicyclic amines) is 1. The summed E-state index contributed by atoms with van der Waals surface area (Å²) in [5.74, 6) is -0.561. The van der Waals surface area contributed by atoms with Gasteiger partial charge in [-0.2, -0.15) is 3.89 Å². The minimum Gasteiger partial charge on any atom is -0.469 e. The fourth-order valence-electron chi connectivity index (χ4n) is 2.03. The largest absolute Gasteiger partial charge is 0.469 e. The van der Waals surface area contributed by atoms with Crippen LogP contribution in [-0.4, -0.2) is 66.7 Å². The first-order valence-corrected chi connectivity index (χ1v) is 7.06. The van der Waals surface area contributed by atoms with Gasteiger partial charge >= 0.3 is 18.0 Å². The highest BCUT2D eigenvalue weighted by Gasteiger charge is 2.48.